The van der Waals surface area contributed by atoms with Gasteiger partial charge in [0.15, 0.2) is 0 Å². The van der Waals surface area contributed by atoms with Gasteiger partial charge in [0.1, 0.15) is 0 Å². The minimum Gasteiger partial charge on any atom is -0.195 e. The molecule has 3 nitrogen and oxygen atoms in total. The van der Waals surface area contributed by atoms with Gasteiger partial charge in [-0.15, -0.1) is 11.6 Å². The molecule has 0 aliphatic carbocycles. The molecule has 1 saturated heterocycles. The highest BCUT2D eigenvalue weighted by Crippen LogP contribution is 2.21. The zero-order valence-electron chi connectivity index (χ0n) is 5.83. The normalized spacial score (nSPS) is 27.6. The zero-order valence-corrected chi connectivity index (χ0v) is 8.16. The van der Waals surface area contributed by atoms with Crippen LogP contribution in [0.5, 0.6) is 0 Å². The van der Waals surface area contributed by atoms with Crippen LogP contribution in [0, 0.1) is 5.92 Å². The minimum atomic E-state index is -3.50. The van der Waals surface area contributed by atoms with E-state index in [0.29, 0.717) is 19.0 Å². The van der Waals surface area contributed by atoms with Gasteiger partial charge in [0.05, 0.1) is 0 Å². The predicted octanol–water partition coefficient (Wildman–Crippen LogP) is 1.03. The average Bonchev–Trinajstić information content (AvgIpc) is 2.32. The molecule has 0 N–H and O–H groups in total. The first-order chi connectivity index (χ1) is 5.04. The zero-order chi connectivity index (χ0) is 8.48. The minimum absolute atomic E-state index is 0.269. The molecule has 0 amide bonds. The van der Waals surface area contributed by atoms with Crippen LogP contribution < -0.4 is 0 Å². The highest BCUT2D eigenvalue weighted by atomic mass is 35.7. The van der Waals surface area contributed by atoms with Gasteiger partial charge in [0, 0.05) is 29.7 Å². The van der Waals surface area contributed by atoms with E-state index in [9.17, 15) is 8.42 Å². The lowest BCUT2D eigenvalue weighted by Crippen LogP contribution is -2.24. The Balaban J connectivity index is 2.55. The Morgan fingerprint density at radius 1 is 1.55 bits per heavy atom. The summed E-state index contributed by atoms with van der Waals surface area (Å²) in [4.78, 5) is 0. The molecule has 1 atom stereocenters. The standard InChI is InChI=1S/C5H9Cl2NO2S/c6-3-5-1-2-8(4-5)11(7,9)10/h5H,1-4H2. The van der Waals surface area contributed by atoms with Crippen molar-refractivity contribution in [3.8, 4) is 0 Å². The Morgan fingerprint density at radius 3 is 2.45 bits per heavy atom. The van der Waals surface area contributed by atoms with Gasteiger partial charge >= 0.3 is 0 Å². The molecule has 0 bridgehead atoms. The molecule has 11 heavy (non-hydrogen) atoms. The lowest BCUT2D eigenvalue weighted by Gasteiger charge is -2.09. The summed E-state index contributed by atoms with van der Waals surface area (Å²) in [6.07, 6.45) is 0.815. The highest BCUT2D eigenvalue weighted by molar-refractivity contribution is 8.11. The Labute approximate surface area is 75.8 Å². The van der Waals surface area contributed by atoms with Gasteiger partial charge < -0.3 is 0 Å². The van der Waals surface area contributed by atoms with Gasteiger partial charge in [0.2, 0.25) is 0 Å². The van der Waals surface area contributed by atoms with Gasteiger partial charge in [-0.3, -0.25) is 0 Å². The Bertz CT molecular complexity index is 229. The van der Waals surface area contributed by atoms with E-state index in [1.165, 1.54) is 4.31 Å². The molecule has 1 aliphatic heterocycles. The van der Waals surface area contributed by atoms with Crippen molar-refractivity contribution < 1.29 is 8.42 Å². The van der Waals surface area contributed by atoms with E-state index in [1.807, 2.05) is 0 Å². The van der Waals surface area contributed by atoms with E-state index in [0.717, 1.165) is 6.42 Å². The lowest BCUT2D eigenvalue weighted by molar-refractivity contribution is 0.478. The Kier molecular flexibility index (Phi) is 3.02. The van der Waals surface area contributed by atoms with Crippen LogP contribution in [0.4, 0.5) is 0 Å². The number of hydrogen-bond donors (Lipinski definition) is 0. The Hall–Kier alpha value is 0.490. The van der Waals surface area contributed by atoms with Gasteiger partial charge in [-0.2, -0.15) is 12.7 Å². The second kappa shape index (κ2) is 3.47. The molecular formula is C5H9Cl2NO2S. The molecule has 0 radical (unpaired) electrons. The molecule has 1 unspecified atom stereocenters. The number of halogens is 2. The maximum atomic E-state index is 10.7. The van der Waals surface area contributed by atoms with Crippen molar-refractivity contribution >= 4 is 31.5 Å². The summed E-state index contributed by atoms with van der Waals surface area (Å²) in [5, 5.41) is 0. The van der Waals surface area contributed by atoms with Crippen LogP contribution in [0.1, 0.15) is 6.42 Å². The lowest BCUT2D eigenvalue weighted by atomic mass is 10.2. The van der Waals surface area contributed by atoms with Gasteiger partial charge in [-0.1, -0.05) is 0 Å². The first-order valence-electron chi connectivity index (χ1n) is 3.29. The smallest absolute Gasteiger partial charge is 0.195 e. The van der Waals surface area contributed by atoms with Crippen molar-refractivity contribution in [3.63, 3.8) is 0 Å². The SMILES string of the molecule is O=S(=O)(Cl)N1CCC(CCl)C1. The molecule has 1 aliphatic rings. The second-order valence-corrected chi connectivity index (χ2v) is 5.43. The molecule has 1 heterocycles. The molecular weight excluding hydrogens is 209 g/mol. The first-order valence-corrected chi connectivity index (χ1v) is 6.10. The van der Waals surface area contributed by atoms with Crippen LogP contribution >= 0.6 is 22.3 Å². The van der Waals surface area contributed by atoms with E-state index in [-0.39, 0.29) is 5.92 Å². The summed E-state index contributed by atoms with van der Waals surface area (Å²) in [5.41, 5.74) is 0. The van der Waals surface area contributed by atoms with E-state index in [4.69, 9.17) is 22.3 Å². The molecule has 0 aromatic heterocycles. The van der Waals surface area contributed by atoms with Crippen LogP contribution in [0.3, 0.4) is 0 Å². The van der Waals surface area contributed by atoms with Crippen molar-refractivity contribution in [1.29, 1.82) is 0 Å². The summed E-state index contributed by atoms with van der Waals surface area (Å²) < 4.78 is 22.7. The third kappa shape index (κ3) is 2.47. The van der Waals surface area contributed by atoms with Crippen molar-refractivity contribution in [2.45, 2.75) is 6.42 Å². The maximum absolute atomic E-state index is 10.7. The molecule has 1 rings (SSSR count). The summed E-state index contributed by atoms with van der Waals surface area (Å²) in [6, 6.07) is 0. The molecule has 6 heteroatoms. The van der Waals surface area contributed by atoms with Crippen LogP contribution in [-0.4, -0.2) is 31.7 Å². The molecule has 0 aromatic rings. The third-order valence-electron chi connectivity index (χ3n) is 1.78. The first kappa shape index (κ1) is 9.58. The number of nitrogens with zero attached hydrogens (tertiary/aromatic N) is 1. The van der Waals surface area contributed by atoms with Crippen LogP contribution in [-0.2, 0) is 9.24 Å². The fourth-order valence-corrected chi connectivity index (χ4v) is 2.46. The summed E-state index contributed by atoms with van der Waals surface area (Å²) in [7, 11) is 1.62. The van der Waals surface area contributed by atoms with Crippen LogP contribution in [0.2, 0.25) is 0 Å². The van der Waals surface area contributed by atoms with Crippen molar-refractivity contribution in [3.05, 3.63) is 0 Å². The number of rotatable bonds is 2. The van der Waals surface area contributed by atoms with Crippen molar-refractivity contribution in [1.82, 2.24) is 4.31 Å². The van der Waals surface area contributed by atoms with Gasteiger partial charge in [0.25, 0.3) is 9.24 Å². The fourth-order valence-electron chi connectivity index (χ4n) is 1.12. The number of hydrogen-bond acceptors (Lipinski definition) is 2. The van der Waals surface area contributed by atoms with E-state index in [1.54, 1.807) is 0 Å². The number of alkyl halides is 1. The quantitative estimate of drug-likeness (QED) is 0.512. The Morgan fingerprint density at radius 2 is 2.18 bits per heavy atom. The maximum Gasteiger partial charge on any atom is 0.299 e. The topological polar surface area (TPSA) is 37.4 Å². The molecule has 0 spiro atoms. The monoisotopic (exact) mass is 217 g/mol. The fraction of sp³-hybridized carbons (Fsp3) is 1.00. The second-order valence-electron chi connectivity index (χ2n) is 2.61. The van der Waals surface area contributed by atoms with Gasteiger partial charge in [-0.25, -0.2) is 0 Å². The van der Waals surface area contributed by atoms with Crippen LogP contribution in [0.25, 0.3) is 0 Å². The molecule has 1 fully saturated rings. The molecule has 0 aromatic carbocycles. The third-order valence-corrected chi connectivity index (χ3v) is 3.75. The molecule has 66 valence electrons. The van der Waals surface area contributed by atoms with Crippen molar-refractivity contribution in [2.24, 2.45) is 5.92 Å². The van der Waals surface area contributed by atoms with Gasteiger partial charge in [-0.05, 0) is 12.3 Å². The summed E-state index contributed by atoms with van der Waals surface area (Å²) in [5.74, 6) is 0.772. The highest BCUT2D eigenvalue weighted by Gasteiger charge is 2.29. The largest absolute Gasteiger partial charge is 0.299 e. The predicted molar refractivity (Wildman–Crippen MR) is 45.2 cm³/mol. The average molecular weight is 218 g/mol. The molecule has 0 saturated carbocycles. The summed E-state index contributed by atoms with van der Waals surface area (Å²) in [6.45, 7) is 0.971. The van der Waals surface area contributed by atoms with Crippen LogP contribution in [0.15, 0.2) is 0 Å². The van der Waals surface area contributed by atoms with E-state index in [2.05, 4.69) is 0 Å². The van der Waals surface area contributed by atoms with Crippen molar-refractivity contribution in [2.75, 3.05) is 19.0 Å². The van der Waals surface area contributed by atoms with E-state index < -0.39 is 9.24 Å². The summed E-state index contributed by atoms with van der Waals surface area (Å²) >= 11 is 5.56. The van der Waals surface area contributed by atoms with E-state index >= 15 is 0 Å².